The number of anilines is 3. The first-order valence-electron chi connectivity index (χ1n) is 11.1. The fraction of sp³-hybridized carbons (Fsp3) is 0.240. The minimum Gasteiger partial charge on any atom is -0.434 e. The zero-order chi connectivity index (χ0) is 23.7. The number of rotatable bonds is 5. The monoisotopic (exact) mass is 457 g/mol. The number of fused-ring (bicyclic) bond motifs is 1. The summed E-state index contributed by atoms with van der Waals surface area (Å²) in [4.78, 5) is 10.6. The van der Waals surface area contributed by atoms with Crippen LogP contribution in [-0.2, 0) is 7.05 Å². The number of nitriles is 1. The van der Waals surface area contributed by atoms with Gasteiger partial charge in [-0.3, -0.25) is 0 Å². The molecule has 3 heterocycles. The third-order valence-corrected chi connectivity index (χ3v) is 6.11. The predicted octanol–water partition coefficient (Wildman–Crippen LogP) is 4.23. The maximum atomic E-state index is 15.1. The van der Waals surface area contributed by atoms with Crippen molar-refractivity contribution in [1.82, 2.24) is 19.9 Å². The molecule has 5 rings (SSSR count). The second-order valence-corrected chi connectivity index (χ2v) is 8.18. The quantitative estimate of drug-likeness (QED) is 0.463. The van der Waals surface area contributed by atoms with Crippen molar-refractivity contribution < 1.29 is 9.13 Å². The number of aryl methyl sites for hydroxylation is 2. The minimum atomic E-state index is -0.498. The van der Waals surface area contributed by atoms with E-state index in [4.69, 9.17) is 4.74 Å². The molecule has 172 valence electrons. The van der Waals surface area contributed by atoms with Gasteiger partial charge in [-0.15, -0.1) is 0 Å². The van der Waals surface area contributed by atoms with Crippen LogP contribution in [-0.4, -0.2) is 40.7 Å². The van der Waals surface area contributed by atoms with Crippen LogP contribution in [0.25, 0.3) is 10.9 Å². The SMILES string of the molecule is Cc1cc2c(F)c(Oc3ncnc(Nc4ccc(N5CCNCC5)cc4)c3C#N)ccc2n1C. The largest absolute Gasteiger partial charge is 0.434 e. The fourth-order valence-electron chi connectivity index (χ4n) is 4.13. The van der Waals surface area contributed by atoms with E-state index in [1.54, 1.807) is 18.2 Å². The Hall–Kier alpha value is -4.16. The molecule has 8 nitrogen and oxygen atoms in total. The van der Waals surface area contributed by atoms with E-state index in [0.29, 0.717) is 11.2 Å². The first kappa shape index (κ1) is 21.7. The lowest BCUT2D eigenvalue weighted by atomic mass is 10.2. The summed E-state index contributed by atoms with van der Waals surface area (Å²) in [6, 6.07) is 15.1. The van der Waals surface area contributed by atoms with Gasteiger partial charge in [-0.05, 0) is 49.4 Å². The summed E-state index contributed by atoms with van der Waals surface area (Å²) in [6.45, 7) is 5.76. The van der Waals surface area contributed by atoms with Crippen LogP contribution < -0.4 is 20.3 Å². The van der Waals surface area contributed by atoms with Crippen LogP contribution >= 0.6 is 0 Å². The molecular weight excluding hydrogens is 433 g/mol. The Morgan fingerprint density at radius 2 is 1.88 bits per heavy atom. The van der Waals surface area contributed by atoms with Gasteiger partial charge in [0.05, 0.1) is 5.52 Å². The van der Waals surface area contributed by atoms with Gasteiger partial charge < -0.3 is 24.8 Å². The van der Waals surface area contributed by atoms with E-state index >= 15 is 4.39 Å². The summed E-state index contributed by atoms with van der Waals surface area (Å²) in [7, 11) is 1.88. The van der Waals surface area contributed by atoms with Crippen LogP contribution in [0.1, 0.15) is 11.3 Å². The number of ether oxygens (including phenoxy) is 1. The lowest BCUT2D eigenvalue weighted by Gasteiger charge is -2.29. The van der Waals surface area contributed by atoms with Crippen LogP contribution in [0.2, 0.25) is 0 Å². The van der Waals surface area contributed by atoms with Gasteiger partial charge in [0.15, 0.2) is 22.9 Å². The lowest BCUT2D eigenvalue weighted by molar-refractivity contribution is 0.428. The summed E-state index contributed by atoms with van der Waals surface area (Å²) in [5, 5.41) is 16.7. The molecule has 0 bridgehead atoms. The van der Waals surface area contributed by atoms with Crippen molar-refractivity contribution >= 4 is 28.1 Å². The third kappa shape index (κ3) is 4.00. The molecule has 1 saturated heterocycles. The number of piperazine rings is 1. The van der Waals surface area contributed by atoms with E-state index in [9.17, 15) is 5.26 Å². The first-order valence-corrected chi connectivity index (χ1v) is 11.1. The van der Waals surface area contributed by atoms with E-state index in [0.717, 1.165) is 48.8 Å². The molecule has 0 amide bonds. The Kier molecular flexibility index (Phi) is 5.74. The van der Waals surface area contributed by atoms with Crippen LogP contribution in [0.15, 0.2) is 48.8 Å². The molecule has 0 atom stereocenters. The predicted molar refractivity (Wildman–Crippen MR) is 129 cm³/mol. The van der Waals surface area contributed by atoms with Gasteiger partial charge in [0.1, 0.15) is 12.4 Å². The molecule has 0 unspecified atom stereocenters. The van der Waals surface area contributed by atoms with E-state index < -0.39 is 5.82 Å². The third-order valence-electron chi connectivity index (χ3n) is 6.11. The van der Waals surface area contributed by atoms with Gasteiger partial charge in [0, 0.05) is 55.7 Å². The zero-order valence-electron chi connectivity index (χ0n) is 19.0. The summed E-state index contributed by atoms with van der Waals surface area (Å²) in [5.74, 6) is -0.218. The van der Waals surface area contributed by atoms with Crippen molar-refractivity contribution in [2.45, 2.75) is 6.92 Å². The van der Waals surface area contributed by atoms with Gasteiger partial charge in [-0.2, -0.15) is 5.26 Å². The molecule has 0 radical (unpaired) electrons. The van der Waals surface area contributed by atoms with Gasteiger partial charge in [0.25, 0.3) is 0 Å². The molecule has 2 aromatic heterocycles. The van der Waals surface area contributed by atoms with Crippen LogP contribution in [0.3, 0.4) is 0 Å². The average molecular weight is 458 g/mol. The highest BCUT2D eigenvalue weighted by molar-refractivity contribution is 5.83. The van der Waals surface area contributed by atoms with Gasteiger partial charge in [0.2, 0.25) is 5.88 Å². The number of nitrogens with one attached hydrogen (secondary N) is 2. The molecule has 2 aromatic carbocycles. The molecule has 1 aliphatic heterocycles. The zero-order valence-corrected chi connectivity index (χ0v) is 19.0. The second kappa shape index (κ2) is 9.00. The Morgan fingerprint density at radius 3 is 2.62 bits per heavy atom. The molecule has 2 N–H and O–H groups in total. The summed E-state index contributed by atoms with van der Waals surface area (Å²) < 4.78 is 22.8. The number of hydrogen-bond donors (Lipinski definition) is 2. The van der Waals surface area contributed by atoms with Crippen molar-refractivity contribution in [3.8, 4) is 17.7 Å². The van der Waals surface area contributed by atoms with Gasteiger partial charge in [-0.1, -0.05) is 0 Å². The Balaban J connectivity index is 1.40. The second-order valence-electron chi connectivity index (χ2n) is 8.18. The number of benzene rings is 2. The maximum absolute atomic E-state index is 15.1. The fourth-order valence-corrected chi connectivity index (χ4v) is 4.13. The lowest BCUT2D eigenvalue weighted by Crippen LogP contribution is -2.43. The standard InChI is InChI=1S/C25H24FN7O/c1-16-13-19-21(32(16)2)7-8-22(23(19)26)34-25-20(14-27)24(29-15-30-25)31-17-3-5-18(6-4-17)33-11-9-28-10-12-33/h3-8,13,15,28H,9-12H2,1-2H3,(H,29,30,31). The van der Waals surface area contributed by atoms with Gasteiger partial charge >= 0.3 is 0 Å². The molecule has 0 spiro atoms. The Morgan fingerprint density at radius 1 is 1.12 bits per heavy atom. The number of aromatic nitrogens is 3. The molecule has 4 aromatic rings. The minimum absolute atomic E-state index is 0.000348. The smallest absolute Gasteiger partial charge is 0.242 e. The molecule has 34 heavy (non-hydrogen) atoms. The molecule has 0 aliphatic carbocycles. The van der Waals surface area contributed by atoms with Crippen molar-refractivity contribution in [2.24, 2.45) is 7.05 Å². The maximum Gasteiger partial charge on any atom is 0.242 e. The Bertz CT molecular complexity index is 1390. The molecule has 1 fully saturated rings. The molecular formula is C25H24FN7O. The highest BCUT2D eigenvalue weighted by Crippen LogP contribution is 2.33. The highest BCUT2D eigenvalue weighted by Gasteiger charge is 2.18. The van der Waals surface area contributed by atoms with Crippen molar-refractivity contribution in [2.75, 3.05) is 36.4 Å². The van der Waals surface area contributed by atoms with E-state index in [-0.39, 0.29) is 17.2 Å². The van der Waals surface area contributed by atoms with E-state index in [1.165, 1.54) is 6.33 Å². The highest BCUT2D eigenvalue weighted by atomic mass is 19.1. The van der Waals surface area contributed by atoms with Crippen LogP contribution in [0.5, 0.6) is 11.6 Å². The van der Waals surface area contributed by atoms with Crippen molar-refractivity contribution in [3.05, 3.63) is 65.9 Å². The molecule has 0 saturated carbocycles. The summed E-state index contributed by atoms with van der Waals surface area (Å²) >= 11 is 0. The summed E-state index contributed by atoms with van der Waals surface area (Å²) in [5.41, 5.74) is 3.70. The van der Waals surface area contributed by atoms with Gasteiger partial charge in [-0.25, -0.2) is 14.4 Å². The number of halogens is 1. The summed E-state index contributed by atoms with van der Waals surface area (Å²) in [6.07, 6.45) is 1.29. The first-order chi connectivity index (χ1) is 16.5. The van der Waals surface area contributed by atoms with Crippen molar-refractivity contribution in [1.29, 1.82) is 5.26 Å². The molecule has 1 aliphatic rings. The average Bonchev–Trinajstić information content (AvgIpc) is 3.16. The number of nitrogens with zero attached hydrogens (tertiary/aromatic N) is 5. The Labute approximate surface area is 196 Å². The van der Waals surface area contributed by atoms with Crippen LogP contribution in [0.4, 0.5) is 21.6 Å². The number of hydrogen-bond acceptors (Lipinski definition) is 7. The molecule has 9 heteroatoms. The van der Waals surface area contributed by atoms with Crippen LogP contribution in [0, 0.1) is 24.1 Å². The topological polar surface area (TPSA) is 91.0 Å². The van der Waals surface area contributed by atoms with E-state index in [1.807, 2.05) is 42.8 Å². The normalized spacial score (nSPS) is 13.6. The van der Waals surface area contributed by atoms with E-state index in [2.05, 4.69) is 31.6 Å². The van der Waals surface area contributed by atoms with Crippen molar-refractivity contribution in [3.63, 3.8) is 0 Å².